The van der Waals surface area contributed by atoms with Crippen molar-refractivity contribution in [2.45, 2.75) is 32.5 Å². The van der Waals surface area contributed by atoms with Crippen molar-refractivity contribution in [3.05, 3.63) is 363 Å². The van der Waals surface area contributed by atoms with Crippen LogP contribution in [0.25, 0.3) is 54.6 Å². The van der Waals surface area contributed by atoms with Gasteiger partial charge in [-0.15, -0.1) is 0 Å². The molecule has 13 aromatic carbocycles. The number of carbonyl (C=O) groups is 5. The first-order chi connectivity index (χ1) is 47.7. The molecule has 524 valence electrons. The van der Waals surface area contributed by atoms with Crippen LogP contribution in [0.15, 0.2) is 309 Å². The van der Waals surface area contributed by atoms with Crippen LogP contribution in [0.3, 0.4) is 0 Å². The van der Waals surface area contributed by atoms with E-state index in [2.05, 4.69) is 58.6 Å². The molecule has 0 aliphatic rings. The number of carbonyl (C=O) groups excluding carboxylic acids is 3. The fourth-order valence-electron chi connectivity index (χ4n) is 10.7. The average molecular weight is 1540 g/mol. The zero-order valence-corrected chi connectivity index (χ0v) is 59.4. The predicted octanol–water partition coefficient (Wildman–Crippen LogP) is 16.5. The van der Waals surface area contributed by atoms with Gasteiger partial charge in [0.2, 0.25) is 5.91 Å². The molecule has 0 bridgehead atoms. The summed E-state index contributed by atoms with van der Waals surface area (Å²) in [4.78, 5) is 57.6. The smallest absolute Gasteiger partial charge is 0.489 e. The van der Waals surface area contributed by atoms with Crippen LogP contribution in [-0.2, 0) is 97.2 Å². The van der Waals surface area contributed by atoms with Gasteiger partial charge in [0.15, 0.2) is 0 Å². The second-order valence-corrected chi connectivity index (χ2v) is 22.4. The van der Waals surface area contributed by atoms with Crippen molar-refractivity contribution in [1.82, 2.24) is 0 Å². The SMILES string of the molecule is COC(=O)Cc1cccc(OCc2ccccc2)c1.Nc1ccccc1C(=O)OCc1ccccc1.O=C(Cc1cccc(-c2cccc3ccccc23)c1)Nc1ccccc1C(=O)O.O=C(O)Cc1cccc(-c2cccc3ccccc23)c1.OB(O)c1cccc2ccccc12.[CH3-].[CH3-].[Pd].[Pd]. The molecule has 0 saturated carbocycles. The summed E-state index contributed by atoms with van der Waals surface area (Å²) in [7, 11) is -0.0101. The van der Waals surface area contributed by atoms with Crippen molar-refractivity contribution >= 4 is 86.1 Å². The van der Waals surface area contributed by atoms with Gasteiger partial charge in [-0.25, -0.2) is 9.59 Å². The van der Waals surface area contributed by atoms with Crippen LogP contribution in [-0.4, -0.2) is 64.3 Å². The van der Waals surface area contributed by atoms with Crippen LogP contribution in [0.1, 0.15) is 48.5 Å². The average Bonchev–Trinajstić information content (AvgIpc) is 0.809. The number of aliphatic carboxylic acids is 1. The van der Waals surface area contributed by atoms with E-state index < -0.39 is 25.0 Å². The van der Waals surface area contributed by atoms with Crippen molar-refractivity contribution in [2.24, 2.45) is 0 Å². The molecule has 0 spiro atoms. The van der Waals surface area contributed by atoms with Crippen molar-refractivity contribution in [2.75, 3.05) is 18.2 Å². The molecule has 0 aromatic heterocycles. The fraction of sp³-hybridized carbons (Fsp3) is 0.0706. The number of esters is 2. The summed E-state index contributed by atoms with van der Waals surface area (Å²) in [5.41, 5.74) is 16.4. The standard InChI is InChI=1S/C25H19NO3.C18H14O2.C16H16O3.C14H13NO2.C10H9BO2.2CH3.2Pd/c27-24(26-23-14-4-3-12-22(23)25(28)29)16-17-7-5-10-19(15-17)21-13-6-9-18-8-1-2-11-20(18)21;19-18(20)12-13-5-3-8-15(11-13)17-10-4-7-14-6-1-2-9-16(14)17;1-18-16(17)11-14-8-5-9-15(10-14)19-12-13-6-3-2-4-7-13;15-13-9-5-4-8-12(13)14(16)17-10-11-6-2-1-3-7-11;12-11(13)10-7-3-5-8-4-1-2-6-9(8)10;;;;/h1-15H,16H2,(H,26,27)(H,28,29);1-11H,12H2,(H,19,20);2-10H,11-12H2,1H3;1-9H,10,15H2;1-7,12-13H;2*1H3;;/q;;;;;2*-1;;. The number of amides is 1. The normalized spacial score (nSPS) is 9.91. The van der Waals surface area contributed by atoms with Crippen LogP contribution in [0.4, 0.5) is 11.4 Å². The molecular formula is C85H77BN2O12Pd2-2. The molecule has 0 fully saturated rings. The predicted molar refractivity (Wildman–Crippen MR) is 402 cm³/mol. The minimum Gasteiger partial charge on any atom is -0.489 e. The van der Waals surface area contributed by atoms with Crippen LogP contribution >= 0.6 is 0 Å². The molecular weight excluding hydrogens is 1460 g/mol. The third-order valence-corrected chi connectivity index (χ3v) is 15.4. The van der Waals surface area contributed by atoms with Gasteiger partial charge in [-0.05, 0) is 124 Å². The van der Waals surface area contributed by atoms with Gasteiger partial charge < -0.3 is 60.4 Å². The molecule has 0 unspecified atom stereocenters. The maximum Gasteiger partial charge on any atom is 0.489 e. The number of benzene rings is 13. The summed E-state index contributed by atoms with van der Waals surface area (Å²) in [6.45, 7) is 0.774. The number of rotatable bonds is 17. The Morgan fingerprint density at radius 1 is 0.422 bits per heavy atom. The minimum absolute atomic E-state index is 0. The van der Waals surface area contributed by atoms with Crippen molar-refractivity contribution in [3.8, 4) is 28.0 Å². The van der Waals surface area contributed by atoms with E-state index in [0.29, 0.717) is 29.0 Å². The Kier molecular flexibility index (Phi) is 33.7. The fourth-order valence-corrected chi connectivity index (χ4v) is 10.7. The second-order valence-electron chi connectivity index (χ2n) is 22.4. The number of anilines is 2. The number of methoxy groups -OCH3 is 1. The van der Waals surface area contributed by atoms with E-state index >= 15 is 0 Å². The molecule has 1 amide bonds. The first-order valence-electron chi connectivity index (χ1n) is 31.4. The van der Waals surface area contributed by atoms with Gasteiger partial charge in [0.1, 0.15) is 19.0 Å². The molecule has 102 heavy (non-hydrogen) atoms. The first-order valence-corrected chi connectivity index (χ1v) is 31.4. The zero-order chi connectivity index (χ0) is 69.0. The molecule has 0 atom stereocenters. The van der Waals surface area contributed by atoms with Crippen molar-refractivity contribution in [1.29, 1.82) is 0 Å². The van der Waals surface area contributed by atoms with Crippen LogP contribution < -0.4 is 21.3 Å². The minimum atomic E-state index is -1.40. The van der Waals surface area contributed by atoms with Crippen LogP contribution in [0.5, 0.6) is 5.75 Å². The molecule has 0 aliphatic carbocycles. The number of para-hydroxylation sites is 2. The molecule has 0 radical (unpaired) electrons. The third-order valence-electron chi connectivity index (χ3n) is 15.4. The number of carboxylic acids is 2. The number of hydrogen-bond donors (Lipinski definition) is 6. The van der Waals surface area contributed by atoms with Gasteiger partial charge in [-0.3, -0.25) is 14.4 Å². The van der Waals surface area contributed by atoms with E-state index in [1.54, 1.807) is 48.5 Å². The first kappa shape index (κ1) is 81.6. The molecule has 13 rings (SSSR count). The molecule has 7 N–H and O–H groups in total. The Hall–Kier alpha value is -11.1. The summed E-state index contributed by atoms with van der Waals surface area (Å²) in [6, 6.07) is 97.8. The molecule has 13 aromatic rings. The Morgan fingerprint density at radius 2 is 0.843 bits per heavy atom. The number of nitrogens with two attached hydrogens (primary N) is 1. The van der Waals surface area contributed by atoms with E-state index in [1.165, 1.54) is 29.3 Å². The molecule has 17 heteroatoms. The largest absolute Gasteiger partial charge is 0.489 e. The Morgan fingerprint density at radius 3 is 1.37 bits per heavy atom. The molecule has 0 aliphatic heterocycles. The zero-order valence-electron chi connectivity index (χ0n) is 56.3. The van der Waals surface area contributed by atoms with E-state index in [9.17, 15) is 29.1 Å². The van der Waals surface area contributed by atoms with Gasteiger partial charge in [0.25, 0.3) is 0 Å². The molecule has 14 nitrogen and oxygen atoms in total. The van der Waals surface area contributed by atoms with Gasteiger partial charge in [0.05, 0.1) is 43.2 Å². The number of ether oxygens (including phenoxy) is 3. The number of carboxylic acid groups (broad SMARTS) is 2. The van der Waals surface area contributed by atoms with Gasteiger partial charge in [0, 0.05) is 46.5 Å². The van der Waals surface area contributed by atoms with Crippen LogP contribution in [0.2, 0.25) is 0 Å². The van der Waals surface area contributed by atoms with Gasteiger partial charge >= 0.3 is 31.0 Å². The van der Waals surface area contributed by atoms with Gasteiger partial charge in [-0.2, -0.15) is 0 Å². The Labute approximate surface area is 622 Å². The van der Waals surface area contributed by atoms with E-state index in [-0.39, 0.29) is 99.0 Å². The number of fused-ring (bicyclic) bond motifs is 3. The number of aromatic carboxylic acids is 1. The summed E-state index contributed by atoms with van der Waals surface area (Å²) < 4.78 is 15.5. The Bertz CT molecular complexity index is 4830. The maximum absolute atomic E-state index is 12.5. The molecule has 0 heterocycles. The molecule has 0 saturated heterocycles. The summed E-state index contributed by atoms with van der Waals surface area (Å²) in [6.07, 6.45) is 0.476. The number of nitrogen functional groups attached to an aromatic ring is 1. The monoisotopic (exact) mass is 1540 g/mol. The Balaban J connectivity index is 0.000000233. The quantitative estimate of drug-likeness (QED) is 0.0216. The summed E-state index contributed by atoms with van der Waals surface area (Å²) >= 11 is 0. The van der Waals surface area contributed by atoms with E-state index in [0.717, 1.165) is 72.0 Å². The van der Waals surface area contributed by atoms with Crippen LogP contribution in [0, 0.1) is 14.9 Å². The topological polar surface area (TPSA) is 232 Å². The summed E-state index contributed by atoms with van der Waals surface area (Å²) in [5, 5.41) is 45.6. The van der Waals surface area contributed by atoms with E-state index in [4.69, 9.17) is 30.4 Å². The van der Waals surface area contributed by atoms with Crippen molar-refractivity contribution < 1.29 is 99.3 Å². The van der Waals surface area contributed by atoms with Crippen molar-refractivity contribution in [3.63, 3.8) is 0 Å². The third kappa shape index (κ3) is 24.4. The van der Waals surface area contributed by atoms with E-state index in [1.807, 2.05) is 206 Å². The summed E-state index contributed by atoms with van der Waals surface area (Å²) in [5.74, 6) is -2.02. The number of hydrogen-bond acceptors (Lipinski definition) is 11. The second kappa shape index (κ2) is 42.1. The maximum atomic E-state index is 12.5. The number of nitrogens with one attached hydrogen (secondary N) is 1. The van der Waals surface area contributed by atoms with Gasteiger partial charge in [-0.1, -0.05) is 273 Å².